The molecule has 0 radical (unpaired) electrons. The molecule has 0 amide bonds. The predicted molar refractivity (Wildman–Crippen MR) is 139 cm³/mol. The zero-order valence-corrected chi connectivity index (χ0v) is 20.5. The number of benzene rings is 2. The molecule has 5 rings (SSSR count). The van der Waals surface area contributed by atoms with Gasteiger partial charge in [0.2, 0.25) is 5.95 Å². The number of hydrogen-bond donors (Lipinski definition) is 2. The Morgan fingerprint density at radius 1 is 1.00 bits per heavy atom. The van der Waals surface area contributed by atoms with E-state index in [1.807, 2.05) is 43.3 Å². The van der Waals surface area contributed by atoms with E-state index in [-0.39, 0.29) is 12.6 Å². The molecule has 1 atom stereocenters. The molecule has 0 aliphatic heterocycles. The Morgan fingerprint density at radius 3 is 2.58 bits per heavy atom. The molecule has 0 saturated heterocycles. The van der Waals surface area contributed by atoms with Crippen molar-refractivity contribution in [2.24, 2.45) is 0 Å². The quantitative estimate of drug-likeness (QED) is 0.257. The van der Waals surface area contributed by atoms with Gasteiger partial charge >= 0.3 is 6.18 Å². The molecule has 0 unspecified atom stereocenters. The first kappa shape index (κ1) is 25.3. The molecule has 0 spiro atoms. The van der Waals surface area contributed by atoms with Gasteiger partial charge in [-0.2, -0.15) is 18.3 Å². The lowest BCUT2D eigenvalue weighted by Gasteiger charge is -2.15. The summed E-state index contributed by atoms with van der Waals surface area (Å²) in [5.41, 5.74) is 2.37. The van der Waals surface area contributed by atoms with Crippen molar-refractivity contribution < 1.29 is 18.3 Å². The molecular weight excluding hydrogens is 493 g/mol. The predicted octanol–water partition coefficient (Wildman–Crippen LogP) is 6.13. The van der Waals surface area contributed by atoms with Crippen LogP contribution >= 0.6 is 0 Å². The number of aliphatic hydroxyl groups excluding tert-OH is 1. The first-order chi connectivity index (χ1) is 18.3. The van der Waals surface area contributed by atoms with Gasteiger partial charge in [0.1, 0.15) is 0 Å². The molecule has 194 valence electrons. The van der Waals surface area contributed by atoms with Crippen LogP contribution in [0.4, 0.5) is 19.1 Å². The first-order valence-electron chi connectivity index (χ1n) is 12.1. The molecule has 2 N–H and O–H groups in total. The van der Waals surface area contributed by atoms with Gasteiger partial charge in [0, 0.05) is 42.1 Å². The molecule has 0 fully saturated rings. The zero-order chi connectivity index (χ0) is 26.7. The van der Waals surface area contributed by atoms with Crippen LogP contribution in [0.15, 0.2) is 79.1 Å². The molecule has 0 aliphatic rings. The lowest BCUT2D eigenvalue weighted by molar-refractivity contribution is -0.137. The standard InChI is InChI=1S/C28H25F3N6O/c1-18(19-7-3-2-4-8-19)33-27-32-12-11-24(34-27)23-16-21-17-37(13-6-14-38)36-26(21)35-25(23)20-9-5-10-22(15-20)28(29,30)31/h2-5,7-12,15-18,38H,6,13-14H2,1H3,(H,32,33,34)/t18-/m0/s1. The van der Waals surface area contributed by atoms with E-state index in [0.717, 1.165) is 17.7 Å². The molecule has 5 aromatic rings. The Balaban J connectivity index is 1.60. The van der Waals surface area contributed by atoms with Crippen molar-refractivity contribution in [2.75, 3.05) is 11.9 Å². The second-order valence-electron chi connectivity index (χ2n) is 8.89. The highest BCUT2D eigenvalue weighted by Crippen LogP contribution is 2.36. The first-order valence-corrected chi connectivity index (χ1v) is 12.1. The number of rotatable bonds is 8. The number of halogens is 3. The number of fused-ring (bicyclic) bond motifs is 1. The lowest BCUT2D eigenvalue weighted by Crippen LogP contribution is -2.09. The topological polar surface area (TPSA) is 88.8 Å². The maximum Gasteiger partial charge on any atom is 0.416 e. The van der Waals surface area contributed by atoms with Crippen LogP contribution < -0.4 is 5.32 Å². The van der Waals surface area contributed by atoms with E-state index in [4.69, 9.17) is 0 Å². The van der Waals surface area contributed by atoms with E-state index in [0.29, 0.717) is 52.5 Å². The number of aryl methyl sites for hydroxylation is 1. The average molecular weight is 519 g/mol. The van der Waals surface area contributed by atoms with Crippen LogP contribution in [0.3, 0.4) is 0 Å². The van der Waals surface area contributed by atoms with Crippen molar-refractivity contribution in [2.45, 2.75) is 32.1 Å². The fraction of sp³-hybridized carbons (Fsp3) is 0.214. The third kappa shape index (κ3) is 5.50. The summed E-state index contributed by atoms with van der Waals surface area (Å²) in [6.45, 7) is 2.50. The van der Waals surface area contributed by atoms with E-state index >= 15 is 0 Å². The largest absolute Gasteiger partial charge is 0.416 e. The van der Waals surface area contributed by atoms with Crippen LogP contribution in [0.5, 0.6) is 0 Å². The summed E-state index contributed by atoms with van der Waals surface area (Å²) in [4.78, 5) is 13.7. The number of hydrogen-bond acceptors (Lipinski definition) is 6. The van der Waals surface area contributed by atoms with E-state index < -0.39 is 11.7 Å². The number of nitrogens with one attached hydrogen (secondary N) is 1. The Bertz CT molecular complexity index is 1550. The summed E-state index contributed by atoms with van der Waals surface area (Å²) in [6, 6.07) is 18.4. The Hall–Kier alpha value is -4.31. The van der Waals surface area contributed by atoms with Gasteiger partial charge in [0.25, 0.3) is 0 Å². The monoisotopic (exact) mass is 518 g/mol. The van der Waals surface area contributed by atoms with Gasteiger partial charge in [-0.15, -0.1) is 0 Å². The number of nitrogens with zero attached hydrogens (tertiary/aromatic N) is 5. The van der Waals surface area contributed by atoms with E-state index in [2.05, 4.69) is 25.4 Å². The highest BCUT2D eigenvalue weighted by molar-refractivity contribution is 5.89. The van der Waals surface area contributed by atoms with Gasteiger partial charge < -0.3 is 10.4 Å². The van der Waals surface area contributed by atoms with Gasteiger partial charge in [0.15, 0.2) is 5.65 Å². The molecule has 10 heteroatoms. The maximum absolute atomic E-state index is 13.5. The van der Waals surface area contributed by atoms with Crippen LogP contribution in [-0.4, -0.2) is 36.4 Å². The van der Waals surface area contributed by atoms with E-state index in [1.165, 1.54) is 6.07 Å². The molecule has 0 aliphatic carbocycles. The van der Waals surface area contributed by atoms with Crippen LogP contribution in [0.2, 0.25) is 0 Å². The molecule has 7 nitrogen and oxygen atoms in total. The number of alkyl halides is 3. The van der Waals surface area contributed by atoms with Crippen LogP contribution in [0.1, 0.15) is 30.5 Å². The van der Waals surface area contributed by atoms with Crippen molar-refractivity contribution in [1.29, 1.82) is 0 Å². The van der Waals surface area contributed by atoms with Gasteiger partial charge in [-0.1, -0.05) is 42.5 Å². The highest BCUT2D eigenvalue weighted by atomic mass is 19.4. The van der Waals surface area contributed by atoms with E-state index in [9.17, 15) is 18.3 Å². The number of pyridine rings is 1. The minimum absolute atomic E-state index is 0.0164. The highest BCUT2D eigenvalue weighted by Gasteiger charge is 2.31. The molecule has 3 heterocycles. The summed E-state index contributed by atoms with van der Waals surface area (Å²) < 4.78 is 42.2. The third-order valence-electron chi connectivity index (χ3n) is 6.13. The fourth-order valence-corrected chi connectivity index (χ4v) is 4.21. The minimum atomic E-state index is -4.49. The summed E-state index contributed by atoms with van der Waals surface area (Å²) in [5, 5.41) is 17.6. The van der Waals surface area contributed by atoms with E-state index in [1.54, 1.807) is 29.2 Å². The smallest absolute Gasteiger partial charge is 0.396 e. The minimum Gasteiger partial charge on any atom is -0.396 e. The zero-order valence-electron chi connectivity index (χ0n) is 20.5. The molecule has 0 bridgehead atoms. The normalized spacial score (nSPS) is 12.6. The Morgan fingerprint density at radius 2 is 1.82 bits per heavy atom. The molecular formula is C28H25F3N6O. The third-order valence-corrected chi connectivity index (χ3v) is 6.13. The summed E-state index contributed by atoms with van der Waals surface area (Å²) in [5.74, 6) is 0.382. The number of anilines is 1. The molecule has 3 aromatic heterocycles. The summed E-state index contributed by atoms with van der Waals surface area (Å²) >= 11 is 0. The summed E-state index contributed by atoms with van der Waals surface area (Å²) in [7, 11) is 0. The molecule has 2 aromatic carbocycles. The summed E-state index contributed by atoms with van der Waals surface area (Å²) in [6.07, 6.45) is -0.573. The maximum atomic E-state index is 13.5. The van der Waals surface area contributed by atoms with Gasteiger partial charge in [-0.05, 0) is 43.2 Å². The van der Waals surface area contributed by atoms with Gasteiger partial charge in [-0.3, -0.25) is 4.68 Å². The average Bonchev–Trinajstić information content (AvgIpc) is 3.33. The van der Waals surface area contributed by atoms with Crippen molar-refractivity contribution in [3.63, 3.8) is 0 Å². The van der Waals surface area contributed by atoms with Crippen LogP contribution in [0, 0.1) is 0 Å². The van der Waals surface area contributed by atoms with Crippen molar-refractivity contribution >= 4 is 17.0 Å². The van der Waals surface area contributed by atoms with Crippen LogP contribution in [0.25, 0.3) is 33.5 Å². The van der Waals surface area contributed by atoms with Crippen molar-refractivity contribution in [1.82, 2.24) is 24.7 Å². The van der Waals surface area contributed by atoms with Crippen molar-refractivity contribution in [3.8, 4) is 22.5 Å². The number of aromatic nitrogens is 5. The lowest BCUT2D eigenvalue weighted by atomic mass is 10.0. The SMILES string of the molecule is C[C@H](Nc1nccc(-c2cc3cn(CCCO)nc3nc2-c2cccc(C(F)(F)F)c2)n1)c1ccccc1. The Labute approximate surface area is 217 Å². The fourth-order valence-electron chi connectivity index (χ4n) is 4.21. The molecule has 38 heavy (non-hydrogen) atoms. The Kier molecular flexibility index (Phi) is 7.06. The second-order valence-corrected chi connectivity index (χ2v) is 8.89. The van der Waals surface area contributed by atoms with Gasteiger partial charge in [0.05, 0.1) is 23.0 Å². The van der Waals surface area contributed by atoms with Gasteiger partial charge in [-0.25, -0.2) is 15.0 Å². The van der Waals surface area contributed by atoms with Crippen LogP contribution in [-0.2, 0) is 12.7 Å². The second kappa shape index (κ2) is 10.6. The molecule has 0 saturated carbocycles. The van der Waals surface area contributed by atoms with Crippen molar-refractivity contribution in [3.05, 3.63) is 90.3 Å². The number of aliphatic hydroxyl groups is 1.